The third-order valence-electron chi connectivity index (χ3n) is 10.3. The molecule has 3 heterocycles. The van der Waals surface area contributed by atoms with Crippen LogP contribution >= 0.6 is 22.7 Å². The molecule has 0 unspecified atom stereocenters. The molecule has 254 valence electrons. The van der Waals surface area contributed by atoms with Crippen molar-refractivity contribution >= 4 is 92.1 Å². The number of thiazole rings is 1. The van der Waals surface area contributed by atoms with Crippen molar-refractivity contribution in [1.29, 1.82) is 0 Å². The van der Waals surface area contributed by atoms with Crippen LogP contribution in [0.2, 0.25) is 0 Å². The van der Waals surface area contributed by atoms with Gasteiger partial charge in [-0.1, -0.05) is 121 Å². The number of fused-ring (bicyclic) bond motifs is 7. The van der Waals surface area contributed by atoms with Crippen molar-refractivity contribution in [2.45, 2.75) is 0 Å². The number of anilines is 3. The lowest BCUT2D eigenvalue weighted by Crippen LogP contribution is -2.09. The maximum Gasteiger partial charge on any atom is 0.137 e. The summed E-state index contributed by atoms with van der Waals surface area (Å²) in [5, 5.41) is 5.82. The number of nitrogens with zero attached hydrogens (tertiary/aromatic N) is 2. The molecule has 3 aromatic heterocycles. The van der Waals surface area contributed by atoms with E-state index in [4.69, 9.17) is 9.40 Å². The third kappa shape index (κ3) is 5.12. The molecule has 0 aliphatic carbocycles. The molecule has 0 radical (unpaired) electrons. The summed E-state index contributed by atoms with van der Waals surface area (Å²) in [7, 11) is 0. The maximum absolute atomic E-state index is 6.38. The zero-order valence-corrected chi connectivity index (χ0v) is 30.6. The quantitative estimate of drug-likeness (QED) is 0.171. The predicted octanol–water partition coefficient (Wildman–Crippen LogP) is 15.0. The van der Waals surface area contributed by atoms with E-state index in [-0.39, 0.29) is 0 Å². The summed E-state index contributed by atoms with van der Waals surface area (Å²) >= 11 is 3.62. The number of furan rings is 1. The van der Waals surface area contributed by atoms with Gasteiger partial charge in [-0.3, -0.25) is 0 Å². The van der Waals surface area contributed by atoms with Crippen molar-refractivity contribution in [3.8, 4) is 32.8 Å². The van der Waals surface area contributed by atoms with Crippen molar-refractivity contribution in [2.24, 2.45) is 0 Å². The van der Waals surface area contributed by atoms with Gasteiger partial charge in [0.2, 0.25) is 0 Å². The number of hydrogen-bond donors (Lipinski definition) is 0. The number of aromatic nitrogens is 1. The second-order valence-electron chi connectivity index (χ2n) is 13.5. The van der Waals surface area contributed by atoms with Crippen LogP contribution in [0.25, 0.3) is 85.2 Å². The van der Waals surface area contributed by atoms with Crippen molar-refractivity contribution in [3.63, 3.8) is 0 Å². The molecule has 11 rings (SSSR count). The van der Waals surface area contributed by atoms with Gasteiger partial charge in [0, 0.05) is 65.2 Å². The van der Waals surface area contributed by atoms with E-state index in [9.17, 15) is 0 Å². The van der Waals surface area contributed by atoms with Crippen LogP contribution in [0.3, 0.4) is 0 Å². The Kier molecular flexibility index (Phi) is 7.22. The molecule has 0 amide bonds. The first-order valence-corrected chi connectivity index (χ1v) is 19.7. The Morgan fingerprint density at radius 2 is 1.00 bits per heavy atom. The molecule has 11 aromatic rings. The lowest BCUT2D eigenvalue weighted by atomic mass is 9.97. The fourth-order valence-corrected chi connectivity index (χ4v) is 10.0. The first-order valence-electron chi connectivity index (χ1n) is 18.0. The second-order valence-corrected chi connectivity index (χ2v) is 15.6. The monoisotopic (exact) mass is 726 g/mol. The van der Waals surface area contributed by atoms with Gasteiger partial charge in [-0.25, -0.2) is 4.98 Å². The van der Waals surface area contributed by atoms with Crippen molar-refractivity contribution < 1.29 is 4.42 Å². The van der Waals surface area contributed by atoms with Gasteiger partial charge in [0.1, 0.15) is 16.2 Å². The molecule has 0 saturated heterocycles. The van der Waals surface area contributed by atoms with Crippen molar-refractivity contribution in [3.05, 3.63) is 182 Å². The molecule has 5 heteroatoms. The summed E-state index contributed by atoms with van der Waals surface area (Å²) in [6.45, 7) is 0. The van der Waals surface area contributed by atoms with E-state index in [1.807, 2.05) is 23.5 Å². The fourth-order valence-electron chi connectivity index (χ4n) is 7.77. The average molecular weight is 727 g/mol. The normalized spacial score (nSPS) is 11.7. The molecule has 0 atom stereocenters. The number of rotatable bonds is 6. The Morgan fingerprint density at radius 1 is 0.407 bits per heavy atom. The van der Waals surface area contributed by atoms with Crippen molar-refractivity contribution in [2.75, 3.05) is 4.90 Å². The van der Waals surface area contributed by atoms with Gasteiger partial charge in [-0.2, -0.15) is 0 Å². The summed E-state index contributed by atoms with van der Waals surface area (Å²) in [5.74, 6) is 0. The fraction of sp³-hybridized carbons (Fsp3) is 0. The van der Waals surface area contributed by atoms with Crippen LogP contribution in [0.5, 0.6) is 0 Å². The van der Waals surface area contributed by atoms with Crippen molar-refractivity contribution in [1.82, 2.24) is 4.98 Å². The first-order chi connectivity index (χ1) is 26.7. The highest BCUT2D eigenvalue weighted by molar-refractivity contribution is 7.27. The molecule has 0 spiro atoms. The van der Waals surface area contributed by atoms with Crippen LogP contribution in [0, 0.1) is 0 Å². The van der Waals surface area contributed by atoms with Crippen LogP contribution in [-0.4, -0.2) is 4.98 Å². The molecule has 0 N–H and O–H groups in total. The Labute approximate surface area is 319 Å². The SMILES string of the molecule is c1ccc(-c2ccc(N(c3ccc(-c4c5nc(-c6ccccc6)sc5cc5sc6ccccc6c45)cc3)c3ccc4c(c3)oc3ccccc34)cc2)cc1. The summed E-state index contributed by atoms with van der Waals surface area (Å²) < 4.78 is 10.2. The van der Waals surface area contributed by atoms with Crippen LogP contribution in [-0.2, 0) is 0 Å². The van der Waals surface area contributed by atoms with Gasteiger partial charge in [-0.15, -0.1) is 22.7 Å². The minimum atomic E-state index is 0.868. The highest BCUT2D eigenvalue weighted by Crippen LogP contribution is 2.47. The predicted molar refractivity (Wildman–Crippen MR) is 231 cm³/mol. The summed E-state index contributed by atoms with van der Waals surface area (Å²) in [6, 6.07) is 64.8. The maximum atomic E-state index is 6.38. The van der Waals surface area contributed by atoms with E-state index in [0.29, 0.717) is 0 Å². The van der Waals surface area contributed by atoms with E-state index >= 15 is 0 Å². The minimum absolute atomic E-state index is 0.868. The number of benzene rings is 8. The van der Waals surface area contributed by atoms with Gasteiger partial charge < -0.3 is 9.32 Å². The van der Waals surface area contributed by atoms with Crippen LogP contribution < -0.4 is 4.90 Å². The van der Waals surface area contributed by atoms with Gasteiger partial charge in [0.05, 0.1) is 10.2 Å². The van der Waals surface area contributed by atoms with Crippen LogP contribution in [0.15, 0.2) is 186 Å². The largest absolute Gasteiger partial charge is 0.456 e. The van der Waals surface area contributed by atoms with Gasteiger partial charge in [-0.05, 0) is 71.3 Å². The first kappa shape index (κ1) is 31.0. The minimum Gasteiger partial charge on any atom is -0.456 e. The standard InChI is InChI=1S/C49H30N2OS2/c1-3-11-31(12-4-1)32-19-23-35(24-20-32)51(37-27-28-39-38-15-7-9-17-41(38)52-42(39)29-37)36-25-21-33(22-26-36)46-47-40-16-8-10-18-43(40)53-44(47)30-45-48(46)50-49(54-45)34-13-5-2-6-14-34/h1-30H. The Bertz CT molecular complexity index is 3140. The zero-order chi connectivity index (χ0) is 35.6. The Hall–Kier alpha value is -6.53. The van der Waals surface area contributed by atoms with Crippen LogP contribution in [0.1, 0.15) is 0 Å². The molecule has 0 fully saturated rings. The molecule has 3 nitrogen and oxygen atoms in total. The molecule has 0 saturated carbocycles. The smallest absolute Gasteiger partial charge is 0.137 e. The average Bonchev–Trinajstić information content (AvgIpc) is 3.94. The Morgan fingerprint density at radius 3 is 1.76 bits per heavy atom. The number of para-hydroxylation sites is 1. The lowest BCUT2D eigenvalue weighted by Gasteiger charge is -2.26. The third-order valence-corrected chi connectivity index (χ3v) is 12.5. The topological polar surface area (TPSA) is 29.3 Å². The van der Waals surface area contributed by atoms with E-state index in [1.165, 1.54) is 41.6 Å². The molecule has 54 heavy (non-hydrogen) atoms. The highest BCUT2D eigenvalue weighted by atomic mass is 32.1. The molecular weight excluding hydrogens is 697 g/mol. The summed E-state index contributed by atoms with van der Waals surface area (Å²) in [5.41, 5.74) is 11.8. The van der Waals surface area contributed by atoms with E-state index in [2.05, 4.69) is 175 Å². The molecular formula is C49H30N2OS2. The second kappa shape index (κ2) is 12.6. The highest BCUT2D eigenvalue weighted by Gasteiger charge is 2.21. The molecule has 8 aromatic carbocycles. The van der Waals surface area contributed by atoms with E-state index in [0.717, 1.165) is 60.7 Å². The summed E-state index contributed by atoms with van der Waals surface area (Å²) in [4.78, 5) is 7.65. The number of thiophene rings is 1. The molecule has 0 bridgehead atoms. The van der Waals surface area contributed by atoms with Gasteiger partial charge in [0.15, 0.2) is 0 Å². The number of hydrogen-bond acceptors (Lipinski definition) is 5. The van der Waals surface area contributed by atoms with E-state index in [1.54, 1.807) is 11.3 Å². The zero-order valence-electron chi connectivity index (χ0n) is 28.9. The molecule has 0 aliphatic rings. The van der Waals surface area contributed by atoms with Crippen LogP contribution in [0.4, 0.5) is 17.1 Å². The Balaban J connectivity index is 1.08. The van der Waals surface area contributed by atoms with Gasteiger partial charge >= 0.3 is 0 Å². The van der Waals surface area contributed by atoms with E-state index < -0.39 is 0 Å². The lowest BCUT2D eigenvalue weighted by molar-refractivity contribution is 0.669. The van der Waals surface area contributed by atoms with Gasteiger partial charge in [0.25, 0.3) is 0 Å². The summed E-state index contributed by atoms with van der Waals surface area (Å²) in [6.07, 6.45) is 0. The molecule has 0 aliphatic heterocycles.